The van der Waals surface area contributed by atoms with Crippen molar-refractivity contribution < 1.29 is 22.8 Å². The molecule has 0 saturated carbocycles. The molecule has 3 aromatic rings. The van der Waals surface area contributed by atoms with Crippen LogP contribution in [0.2, 0.25) is 5.02 Å². The van der Waals surface area contributed by atoms with Crippen molar-refractivity contribution in [2.24, 2.45) is 0 Å². The van der Waals surface area contributed by atoms with Crippen LogP contribution in [0, 0.1) is 0 Å². The van der Waals surface area contributed by atoms with Crippen LogP contribution in [0.4, 0.5) is 29.6 Å². The lowest BCUT2D eigenvalue weighted by Crippen LogP contribution is -2.33. The summed E-state index contributed by atoms with van der Waals surface area (Å²) >= 11 is 6.04. The lowest BCUT2D eigenvalue weighted by atomic mass is 10.1. The minimum absolute atomic E-state index is 0.147. The maximum Gasteiger partial charge on any atom is 0.406 e. The van der Waals surface area contributed by atoms with Crippen LogP contribution in [0.1, 0.15) is 15.9 Å². The summed E-state index contributed by atoms with van der Waals surface area (Å²) < 4.78 is 40.1. The molecule has 1 aliphatic rings. The minimum Gasteiger partial charge on any atom is -0.334 e. The molecule has 1 aliphatic heterocycles. The standard InChI is InChI=1S/C18H13ClF3N5O2/c19-11-2-1-3-13-14(11)25-16(27(13)8-18(20,21)22)26-15(28)9-4-5-10-7-23-17(29)24-12(10)6-9/h1-6H,7-8H2,(H2,23,24,29)(H,25,26,28). The molecule has 11 heteroatoms. The van der Waals surface area contributed by atoms with Crippen molar-refractivity contribution in [1.82, 2.24) is 14.9 Å². The van der Waals surface area contributed by atoms with Gasteiger partial charge in [0.25, 0.3) is 5.91 Å². The van der Waals surface area contributed by atoms with Gasteiger partial charge in [-0.05, 0) is 29.8 Å². The first-order valence-corrected chi connectivity index (χ1v) is 8.80. The van der Waals surface area contributed by atoms with Crippen LogP contribution in [0.3, 0.4) is 0 Å². The number of para-hydroxylation sites is 1. The summed E-state index contributed by atoms with van der Waals surface area (Å²) in [7, 11) is 0. The van der Waals surface area contributed by atoms with E-state index < -0.39 is 24.7 Å². The molecule has 2 heterocycles. The van der Waals surface area contributed by atoms with Crippen LogP contribution in [0.25, 0.3) is 11.0 Å². The molecule has 0 radical (unpaired) electrons. The van der Waals surface area contributed by atoms with Crippen molar-refractivity contribution in [2.75, 3.05) is 10.6 Å². The number of nitrogens with zero attached hydrogens (tertiary/aromatic N) is 2. The maximum atomic E-state index is 13.1. The van der Waals surface area contributed by atoms with Gasteiger partial charge in [-0.1, -0.05) is 23.7 Å². The summed E-state index contributed by atoms with van der Waals surface area (Å²) in [5.41, 5.74) is 1.68. The number of hydrogen-bond donors (Lipinski definition) is 3. The third-order valence-electron chi connectivity index (χ3n) is 4.35. The molecule has 3 amide bonds. The fraction of sp³-hybridized carbons (Fsp3) is 0.167. The SMILES string of the molecule is O=C1NCc2ccc(C(=O)Nc3nc4c(Cl)cccc4n3CC(F)(F)F)cc2N1. The Labute approximate surface area is 166 Å². The average Bonchev–Trinajstić information content (AvgIpc) is 2.98. The van der Waals surface area contributed by atoms with Crippen LogP contribution in [-0.4, -0.2) is 27.7 Å². The molecule has 29 heavy (non-hydrogen) atoms. The summed E-state index contributed by atoms with van der Waals surface area (Å²) in [6.07, 6.45) is -4.53. The van der Waals surface area contributed by atoms with Gasteiger partial charge in [0.1, 0.15) is 12.1 Å². The second-order valence-corrected chi connectivity index (χ2v) is 6.79. The van der Waals surface area contributed by atoms with Crippen LogP contribution < -0.4 is 16.0 Å². The molecule has 3 N–H and O–H groups in total. The summed E-state index contributed by atoms with van der Waals surface area (Å²) in [6.45, 7) is -1.03. The Morgan fingerprint density at radius 3 is 2.83 bits per heavy atom. The first-order chi connectivity index (χ1) is 13.7. The highest BCUT2D eigenvalue weighted by molar-refractivity contribution is 6.35. The lowest BCUT2D eigenvalue weighted by Gasteiger charge is -2.19. The fourth-order valence-corrected chi connectivity index (χ4v) is 3.26. The van der Waals surface area contributed by atoms with E-state index in [0.717, 1.165) is 10.1 Å². The van der Waals surface area contributed by atoms with Crippen LogP contribution >= 0.6 is 11.6 Å². The van der Waals surface area contributed by atoms with E-state index in [9.17, 15) is 22.8 Å². The Morgan fingerprint density at radius 2 is 2.07 bits per heavy atom. The van der Waals surface area contributed by atoms with Gasteiger partial charge in [0.15, 0.2) is 0 Å². The Balaban J connectivity index is 1.69. The number of carbonyl (C=O) groups excluding carboxylic acids is 2. The molecule has 0 spiro atoms. The minimum atomic E-state index is -4.53. The van der Waals surface area contributed by atoms with Gasteiger partial charge in [-0.2, -0.15) is 13.2 Å². The molecule has 4 rings (SSSR count). The molecule has 0 saturated heterocycles. The van der Waals surface area contributed by atoms with E-state index >= 15 is 0 Å². The number of rotatable bonds is 3. The van der Waals surface area contributed by atoms with Crippen molar-refractivity contribution in [3.8, 4) is 0 Å². The van der Waals surface area contributed by atoms with E-state index in [1.807, 2.05) is 0 Å². The zero-order chi connectivity index (χ0) is 20.8. The van der Waals surface area contributed by atoms with Crippen molar-refractivity contribution in [3.05, 3.63) is 52.5 Å². The van der Waals surface area contributed by atoms with Crippen LogP contribution in [0.15, 0.2) is 36.4 Å². The van der Waals surface area contributed by atoms with Crippen molar-refractivity contribution in [1.29, 1.82) is 0 Å². The first-order valence-electron chi connectivity index (χ1n) is 8.42. The second-order valence-electron chi connectivity index (χ2n) is 6.38. The molecule has 2 aromatic carbocycles. The smallest absolute Gasteiger partial charge is 0.334 e. The van der Waals surface area contributed by atoms with Gasteiger partial charge >= 0.3 is 12.2 Å². The Bertz CT molecular complexity index is 1140. The second kappa shape index (κ2) is 6.96. The van der Waals surface area contributed by atoms with E-state index in [4.69, 9.17) is 11.6 Å². The zero-order valence-corrected chi connectivity index (χ0v) is 15.4. The molecule has 0 atom stereocenters. The molecular weight excluding hydrogens is 411 g/mol. The van der Waals surface area contributed by atoms with E-state index in [1.165, 1.54) is 30.3 Å². The largest absolute Gasteiger partial charge is 0.406 e. The third-order valence-corrected chi connectivity index (χ3v) is 4.66. The number of fused-ring (bicyclic) bond motifs is 2. The summed E-state index contributed by atoms with van der Waals surface area (Å²) in [4.78, 5) is 28.2. The number of nitrogens with one attached hydrogen (secondary N) is 3. The van der Waals surface area contributed by atoms with Gasteiger partial charge in [0, 0.05) is 17.8 Å². The number of aromatic nitrogens is 2. The molecule has 0 fully saturated rings. The first kappa shape index (κ1) is 19.1. The molecule has 1 aromatic heterocycles. The summed E-state index contributed by atoms with van der Waals surface area (Å²) in [5, 5.41) is 7.75. The molecule has 150 valence electrons. The monoisotopic (exact) mass is 423 g/mol. The van der Waals surface area contributed by atoms with E-state index in [-0.39, 0.29) is 27.6 Å². The molecule has 0 unspecified atom stereocenters. The lowest BCUT2D eigenvalue weighted by molar-refractivity contribution is -0.139. The van der Waals surface area contributed by atoms with Gasteiger partial charge in [0.05, 0.1) is 10.5 Å². The number of benzene rings is 2. The molecule has 0 aliphatic carbocycles. The third kappa shape index (κ3) is 3.83. The predicted octanol–water partition coefficient (Wildman–Crippen LogP) is 4.14. The Hall–Kier alpha value is -3.27. The van der Waals surface area contributed by atoms with Crippen molar-refractivity contribution >= 4 is 46.2 Å². The van der Waals surface area contributed by atoms with Gasteiger partial charge in [-0.15, -0.1) is 0 Å². The fourth-order valence-electron chi connectivity index (χ4n) is 3.05. The number of urea groups is 1. The predicted molar refractivity (Wildman–Crippen MR) is 101 cm³/mol. The summed E-state index contributed by atoms with van der Waals surface area (Å²) in [5.74, 6) is -0.950. The number of amides is 3. The topological polar surface area (TPSA) is 88.1 Å². The van der Waals surface area contributed by atoms with E-state index in [1.54, 1.807) is 6.07 Å². The maximum absolute atomic E-state index is 13.1. The quantitative estimate of drug-likeness (QED) is 0.591. The number of carbonyl (C=O) groups is 2. The highest BCUT2D eigenvalue weighted by Gasteiger charge is 2.31. The molecular formula is C18H13ClF3N5O2. The van der Waals surface area contributed by atoms with Gasteiger partial charge in [-0.25, -0.2) is 9.78 Å². The Morgan fingerprint density at radius 1 is 1.28 bits per heavy atom. The number of hydrogen-bond acceptors (Lipinski definition) is 3. The molecule has 7 nitrogen and oxygen atoms in total. The van der Waals surface area contributed by atoms with Gasteiger partial charge < -0.3 is 15.2 Å². The summed E-state index contributed by atoms with van der Waals surface area (Å²) in [6, 6.07) is 8.65. The normalized spacial score (nSPS) is 13.6. The zero-order valence-electron chi connectivity index (χ0n) is 14.6. The van der Waals surface area contributed by atoms with E-state index in [2.05, 4.69) is 20.9 Å². The highest BCUT2D eigenvalue weighted by Crippen LogP contribution is 2.30. The Kier molecular flexibility index (Phi) is 4.58. The average molecular weight is 424 g/mol. The van der Waals surface area contributed by atoms with Crippen LogP contribution in [-0.2, 0) is 13.1 Å². The van der Waals surface area contributed by atoms with Crippen molar-refractivity contribution in [3.63, 3.8) is 0 Å². The van der Waals surface area contributed by atoms with E-state index in [0.29, 0.717) is 12.2 Å². The number of anilines is 2. The van der Waals surface area contributed by atoms with Gasteiger partial charge in [0.2, 0.25) is 5.95 Å². The number of imidazole rings is 1. The van der Waals surface area contributed by atoms with Crippen molar-refractivity contribution in [2.45, 2.75) is 19.3 Å². The van der Waals surface area contributed by atoms with Gasteiger partial charge in [-0.3, -0.25) is 10.1 Å². The number of alkyl halides is 3. The van der Waals surface area contributed by atoms with Crippen LogP contribution in [0.5, 0.6) is 0 Å². The number of halogens is 4. The molecule has 0 bridgehead atoms. The highest BCUT2D eigenvalue weighted by atomic mass is 35.5.